The van der Waals surface area contributed by atoms with Gasteiger partial charge in [0, 0.05) is 25.0 Å². The minimum absolute atomic E-state index is 0.0309. The van der Waals surface area contributed by atoms with E-state index in [4.69, 9.17) is 10.5 Å². The van der Waals surface area contributed by atoms with Crippen LogP contribution in [0.25, 0.3) is 0 Å². The lowest BCUT2D eigenvalue weighted by atomic mass is 10.1. The molecule has 0 aromatic carbocycles. The Kier molecular flexibility index (Phi) is 4.99. The van der Waals surface area contributed by atoms with Crippen LogP contribution in [-0.4, -0.2) is 54.6 Å². The third kappa shape index (κ3) is 3.93. The molecule has 2 unspecified atom stereocenters. The molecule has 1 aliphatic carbocycles. The smallest absolute Gasteiger partial charge is 0.245 e. The van der Waals surface area contributed by atoms with Crippen molar-refractivity contribution in [3.05, 3.63) is 0 Å². The molecule has 0 aromatic heterocycles. The quantitative estimate of drug-likeness (QED) is 0.736. The van der Waals surface area contributed by atoms with Crippen molar-refractivity contribution in [3.63, 3.8) is 0 Å². The summed E-state index contributed by atoms with van der Waals surface area (Å²) in [5, 5.41) is 2.84. The molecular weight excluding hydrogens is 258 g/mol. The van der Waals surface area contributed by atoms with Crippen LogP contribution in [-0.2, 0) is 14.3 Å². The molecule has 1 aliphatic heterocycles. The molecule has 6 heteroatoms. The maximum Gasteiger partial charge on any atom is 0.245 e. The molecule has 1 saturated carbocycles. The first-order chi connectivity index (χ1) is 9.49. The van der Waals surface area contributed by atoms with E-state index in [1.54, 1.807) is 4.90 Å². The largest absolute Gasteiger partial charge is 0.377 e. The predicted molar refractivity (Wildman–Crippen MR) is 74.9 cm³/mol. The highest BCUT2D eigenvalue weighted by molar-refractivity contribution is 5.88. The summed E-state index contributed by atoms with van der Waals surface area (Å²) >= 11 is 0. The second-order valence-electron chi connectivity index (χ2n) is 6.05. The molecule has 1 heterocycles. The molecule has 3 N–H and O–H groups in total. The van der Waals surface area contributed by atoms with E-state index in [2.05, 4.69) is 5.32 Å². The van der Waals surface area contributed by atoms with E-state index < -0.39 is 6.04 Å². The molecule has 0 aromatic rings. The van der Waals surface area contributed by atoms with E-state index in [0.717, 1.165) is 12.8 Å². The van der Waals surface area contributed by atoms with Gasteiger partial charge in [-0.1, -0.05) is 0 Å². The van der Waals surface area contributed by atoms with Crippen LogP contribution in [0.5, 0.6) is 0 Å². The molecule has 6 nitrogen and oxygen atoms in total. The van der Waals surface area contributed by atoms with Crippen molar-refractivity contribution in [2.75, 3.05) is 19.8 Å². The van der Waals surface area contributed by atoms with Crippen molar-refractivity contribution in [2.45, 2.75) is 51.2 Å². The number of rotatable bonds is 5. The Morgan fingerprint density at radius 3 is 2.70 bits per heavy atom. The van der Waals surface area contributed by atoms with Crippen LogP contribution in [0.4, 0.5) is 0 Å². The number of ether oxygens (including phenoxy) is 1. The number of morpholine rings is 1. The summed E-state index contributed by atoms with van der Waals surface area (Å²) in [6.45, 7) is 5.01. The van der Waals surface area contributed by atoms with Crippen LogP contribution in [0.15, 0.2) is 0 Å². The number of nitrogens with two attached hydrogens (primary N) is 1. The molecule has 0 spiro atoms. The first kappa shape index (κ1) is 15.3. The third-order valence-electron chi connectivity index (χ3n) is 3.82. The van der Waals surface area contributed by atoms with Crippen LogP contribution >= 0.6 is 0 Å². The minimum Gasteiger partial charge on any atom is -0.377 e. The highest BCUT2D eigenvalue weighted by atomic mass is 16.5. The van der Waals surface area contributed by atoms with Gasteiger partial charge in [0.2, 0.25) is 11.8 Å². The molecule has 20 heavy (non-hydrogen) atoms. The van der Waals surface area contributed by atoms with Crippen molar-refractivity contribution in [1.82, 2.24) is 10.2 Å². The van der Waals surface area contributed by atoms with Crippen LogP contribution in [0.1, 0.15) is 33.1 Å². The lowest BCUT2D eigenvalue weighted by molar-refractivity contribution is -0.149. The molecule has 0 bridgehead atoms. The van der Waals surface area contributed by atoms with Gasteiger partial charge in [-0.3, -0.25) is 9.59 Å². The van der Waals surface area contributed by atoms with E-state index in [1.807, 2.05) is 13.8 Å². The molecule has 2 amide bonds. The van der Waals surface area contributed by atoms with E-state index in [1.165, 1.54) is 0 Å². The van der Waals surface area contributed by atoms with Gasteiger partial charge in [-0.25, -0.2) is 0 Å². The maximum atomic E-state index is 12.4. The van der Waals surface area contributed by atoms with Crippen molar-refractivity contribution < 1.29 is 14.3 Å². The fourth-order valence-corrected chi connectivity index (χ4v) is 2.51. The fourth-order valence-electron chi connectivity index (χ4n) is 2.51. The molecule has 2 rings (SSSR count). The van der Waals surface area contributed by atoms with Crippen molar-refractivity contribution >= 4 is 11.8 Å². The summed E-state index contributed by atoms with van der Waals surface area (Å²) in [7, 11) is 0. The summed E-state index contributed by atoms with van der Waals surface area (Å²) in [6.07, 6.45) is 2.57. The molecule has 0 radical (unpaired) electrons. The second kappa shape index (κ2) is 6.54. The van der Waals surface area contributed by atoms with Crippen molar-refractivity contribution in [2.24, 2.45) is 11.7 Å². The van der Waals surface area contributed by atoms with Crippen LogP contribution in [0.2, 0.25) is 0 Å². The van der Waals surface area contributed by atoms with Gasteiger partial charge in [-0.05, 0) is 32.6 Å². The normalized spacial score (nSPS) is 24.6. The van der Waals surface area contributed by atoms with Gasteiger partial charge in [-0.2, -0.15) is 0 Å². The fraction of sp³-hybridized carbons (Fsp3) is 0.857. The Labute approximate surface area is 120 Å². The SMILES string of the molecule is CC(C)NC(=O)C1COCCN1C(=O)CC(N)C1CC1. The number of hydrogen-bond donors (Lipinski definition) is 2. The molecule has 114 valence electrons. The summed E-state index contributed by atoms with van der Waals surface area (Å²) in [5.74, 6) is 0.313. The number of nitrogens with one attached hydrogen (secondary N) is 1. The summed E-state index contributed by atoms with van der Waals surface area (Å²) in [6, 6.07) is -0.542. The zero-order chi connectivity index (χ0) is 14.7. The minimum atomic E-state index is -0.523. The highest BCUT2D eigenvalue weighted by Gasteiger charge is 2.36. The van der Waals surface area contributed by atoms with Crippen LogP contribution in [0.3, 0.4) is 0 Å². The standard InChI is InChI=1S/C14H25N3O3/c1-9(2)16-14(19)12-8-20-6-5-17(12)13(18)7-11(15)10-3-4-10/h9-12H,3-8,15H2,1-2H3,(H,16,19). The Bertz CT molecular complexity index is 369. The first-order valence-corrected chi connectivity index (χ1v) is 7.42. The van der Waals surface area contributed by atoms with E-state index in [-0.39, 0.29) is 30.5 Å². The monoisotopic (exact) mass is 283 g/mol. The number of hydrogen-bond acceptors (Lipinski definition) is 4. The van der Waals surface area contributed by atoms with E-state index in [0.29, 0.717) is 25.5 Å². The van der Waals surface area contributed by atoms with E-state index >= 15 is 0 Å². The lowest BCUT2D eigenvalue weighted by Crippen LogP contribution is -2.57. The maximum absolute atomic E-state index is 12.4. The predicted octanol–water partition coefficient (Wildman–Crippen LogP) is -0.134. The topological polar surface area (TPSA) is 84.7 Å². The zero-order valence-electron chi connectivity index (χ0n) is 12.3. The third-order valence-corrected chi connectivity index (χ3v) is 3.82. The van der Waals surface area contributed by atoms with Gasteiger partial charge < -0.3 is 20.7 Å². The zero-order valence-corrected chi connectivity index (χ0v) is 12.3. The van der Waals surface area contributed by atoms with Gasteiger partial charge >= 0.3 is 0 Å². The van der Waals surface area contributed by atoms with Gasteiger partial charge in [0.15, 0.2) is 0 Å². The Balaban J connectivity index is 1.94. The summed E-state index contributed by atoms with van der Waals surface area (Å²) in [5.41, 5.74) is 6.01. The van der Waals surface area contributed by atoms with Gasteiger partial charge in [-0.15, -0.1) is 0 Å². The molecule has 2 fully saturated rings. The number of carbonyl (C=O) groups is 2. The Morgan fingerprint density at radius 2 is 2.10 bits per heavy atom. The van der Waals surface area contributed by atoms with Gasteiger partial charge in [0.25, 0.3) is 0 Å². The number of nitrogens with zero attached hydrogens (tertiary/aromatic N) is 1. The van der Waals surface area contributed by atoms with Gasteiger partial charge in [0.05, 0.1) is 13.2 Å². The number of amides is 2. The number of carbonyl (C=O) groups excluding carboxylic acids is 2. The average molecular weight is 283 g/mol. The molecule has 2 aliphatic rings. The van der Waals surface area contributed by atoms with Crippen molar-refractivity contribution in [1.29, 1.82) is 0 Å². The summed E-state index contributed by atoms with van der Waals surface area (Å²) < 4.78 is 5.34. The van der Waals surface area contributed by atoms with Crippen LogP contribution < -0.4 is 11.1 Å². The summed E-state index contributed by atoms with van der Waals surface area (Å²) in [4.78, 5) is 26.1. The van der Waals surface area contributed by atoms with E-state index in [9.17, 15) is 9.59 Å². The lowest BCUT2D eigenvalue weighted by Gasteiger charge is -2.35. The van der Waals surface area contributed by atoms with Gasteiger partial charge in [0.1, 0.15) is 6.04 Å². The molecular formula is C14H25N3O3. The second-order valence-corrected chi connectivity index (χ2v) is 6.05. The highest BCUT2D eigenvalue weighted by Crippen LogP contribution is 2.33. The molecule has 2 atom stereocenters. The van der Waals surface area contributed by atoms with Crippen LogP contribution in [0, 0.1) is 5.92 Å². The molecule has 1 saturated heterocycles. The Morgan fingerprint density at radius 1 is 1.40 bits per heavy atom. The average Bonchev–Trinajstić information content (AvgIpc) is 3.22. The Hall–Kier alpha value is -1.14. The first-order valence-electron chi connectivity index (χ1n) is 7.42. The van der Waals surface area contributed by atoms with Crippen molar-refractivity contribution in [3.8, 4) is 0 Å².